The van der Waals surface area contributed by atoms with E-state index >= 15 is 0 Å². The zero-order valence-electron chi connectivity index (χ0n) is 19.1. The Hall–Kier alpha value is -3.15. The maximum Gasteiger partial charge on any atom is 0.320 e. The normalized spacial score (nSPS) is 22.4. The van der Waals surface area contributed by atoms with Crippen LogP contribution in [0, 0.1) is 11.8 Å². The second-order valence-corrected chi connectivity index (χ2v) is 9.95. The number of hydrogen-bond acceptors (Lipinski definition) is 4. The number of carbonyl (C=O) groups excluding carboxylic acids is 1. The van der Waals surface area contributed by atoms with Crippen LogP contribution in [0.2, 0.25) is 0 Å². The first-order valence-corrected chi connectivity index (χ1v) is 12.4. The Bertz CT molecular complexity index is 1010. The molecule has 1 aliphatic carbocycles. The molecule has 3 heterocycles. The summed E-state index contributed by atoms with van der Waals surface area (Å²) in [5.41, 5.74) is 5.11. The van der Waals surface area contributed by atoms with Crippen molar-refractivity contribution in [3.8, 4) is 0 Å². The number of nitrogens with zero attached hydrogens (tertiary/aromatic N) is 3. The Morgan fingerprint density at radius 2 is 1.61 bits per heavy atom. The molecule has 0 bridgehead atoms. The fourth-order valence-electron chi connectivity index (χ4n) is 5.31. The Labute approximate surface area is 196 Å². The van der Waals surface area contributed by atoms with Gasteiger partial charge in [-0.2, -0.15) is 0 Å². The molecule has 0 unspecified atom stereocenters. The van der Waals surface area contributed by atoms with Gasteiger partial charge in [-0.25, -0.2) is 4.79 Å². The number of hydrogen-bond donors (Lipinski definition) is 2. The van der Waals surface area contributed by atoms with Gasteiger partial charge in [0.2, 0.25) is 0 Å². The van der Waals surface area contributed by atoms with Crippen LogP contribution in [0.5, 0.6) is 0 Å². The van der Waals surface area contributed by atoms with Crippen LogP contribution < -0.4 is 15.5 Å². The predicted octanol–water partition coefficient (Wildman–Crippen LogP) is 4.07. The Morgan fingerprint density at radius 3 is 2.30 bits per heavy atom. The zero-order chi connectivity index (χ0) is 22.2. The fourth-order valence-corrected chi connectivity index (χ4v) is 5.31. The molecular weight excluding hydrogens is 410 g/mol. The van der Waals surface area contributed by atoms with Crippen LogP contribution >= 0.6 is 0 Å². The number of para-hydroxylation sites is 1. The van der Waals surface area contributed by atoms with Gasteiger partial charge in [-0.3, -0.25) is 0 Å². The van der Waals surface area contributed by atoms with Crippen molar-refractivity contribution in [1.82, 2.24) is 20.4 Å². The molecule has 172 valence electrons. The molecular formula is C27H33N5O. The summed E-state index contributed by atoms with van der Waals surface area (Å²) in [4.78, 5) is 19.5. The molecule has 2 amide bonds. The van der Waals surface area contributed by atoms with E-state index in [4.69, 9.17) is 0 Å². The molecule has 2 aromatic carbocycles. The van der Waals surface area contributed by atoms with Crippen molar-refractivity contribution < 1.29 is 4.79 Å². The average Bonchev–Trinajstić information content (AvgIpc) is 3.25. The van der Waals surface area contributed by atoms with Gasteiger partial charge in [0, 0.05) is 67.8 Å². The molecule has 2 saturated heterocycles. The third-order valence-corrected chi connectivity index (χ3v) is 7.58. The van der Waals surface area contributed by atoms with Crippen molar-refractivity contribution in [3.63, 3.8) is 0 Å². The molecule has 1 atom stereocenters. The van der Waals surface area contributed by atoms with Crippen molar-refractivity contribution >= 4 is 17.4 Å². The van der Waals surface area contributed by atoms with Crippen molar-refractivity contribution in [2.24, 2.45) is 11.8 Å². The van der Waals surface area contributed by atoms with Crippen LogP contribution in [-0.4, -0.2) is 55.2 Å². The lowest BCUT2D eigenvalue weighted by Crippen LogP contribution is -2.53. The molecule has 6 heteroatoms. The fraction of sp³-hybridized carbons (Fsp3) is 0.444. The van der Waals surface area contributed by atoms with E-state index in [1.807, 2.05) is 9.80 Å². The second kappa shape index (κ2) is 8.65. The van der Waals surface area contributed by atoms with Crippen LogP contribution in [0.25, 0.3) is 0 Å². The zero-order valence-corrected chi connectivity index (χ0v) is 19.1. The van der Waals surface area contributed by atoms with Crippen LogP contribution in [-0.2, 0) is 0 Å². The maximum absolute atomic E-state index is 13.0. The second-order valence-electron chi connectivity index (χ2n) is 9.95. The number of rotatable bonds is 6. The summed E-state index contributed by atoms with van der Waals surface area (Å²) in [6, 6.07) is 20.0. The van der Waals surface area contributed by atoms with Crippen LogP contribution in [0.15, 0.2) is 66.5 Å². The summed E-state index contributed by atoms with van der Waals surface area (Å²) in [6.07, 6.45) is 5.79. The molecule has 4 aliphatic rings. The third-order valence-electron chi connectivity index (χ3n) is 7.58. The van der Waals surface area contributed by atoms with E-state index in [1.54, 1.807) is 0 Å². The van der Waals surface area contributed by atoms with Crippen LogP contribution in [0.3, 0.4) is 0 Å². The van der Waals surface area contributed by atoms with Gasteiger partial charge in [0.05, 0.1) is 6.67 Å². The minimum Gasteiger partial charge on any atom is -0.372 e. The summed E-state index contributed by atoms with van der Waals surface area (Å²) >= 11 is 0. The number of anilines is 2. The number of benzene rings is 2. The standard InChI is InChI=1S/C27H33N5O/c33-27(30-13-12-22(16-30)26-14-28-19-29-26)31-17-23(18-31)21-8-10-25(11-9-21)32(15-20-6-7-20)24-4-2-1-3-5-24/h1-5,8-11,14,20,22-23,28-29H,6-7,12-13,15-19H2/t22-/m0/s1. The Morgan fingerprint density at radius 1 is 0.879 bits per heavy atom. The third kappa shape index (κ3) is 4.26. The molecule has 0 radical (unpaired) electrons. The Kier molecular flexibility index (Phi) is 5.36. The summed E-state index contributed by atoms with van der Waals surface area (Å²) in [7, 11) is 0. The van der Waals surface area contributed by atoms with Crippen molar-refractivity contribution in [2.75, 3.05) is 44.3 Å². The number of nitrogens with one attached hydrogen (secondary N) is 2. The molecule has 3 aliphatic heterocycles. The van der Waals surface area contributed by atoms with Gasteiger partial charge >= 0.3 is 6.03 Å². The SMILES string of the molecule is O=C(N1CC(c2ccc(N(CC3CC3)c3ccccc3)cc2)C1)N1CC[C@H](C2=CNCN2)C1. The van der Waals surface area contributed by atoms with Gasteiger partial charge in [-0.1, -0.05) is 30.3 Å². The van der Waals surface area contributed by atoms with Gasteiger partial charge in [-0.05, 0) is 55.0 Å². The molecule has 6 nitrogen and oxygen atoms in total. The lowest BCUT2D eigenvalue weighted by molar-refractivity contribution is 0.120. The number of urea groups is 1. The van der Waals surface area contributed by atoms with Gasteiger partial charge < -0.3 is 25.3 Å². The topological polar surface area (TPSA) is 50.9 Å². The van der Waals surface area contributed by atoms with Crippen LogP contribution in [0.1, 0.15) is 30.7 Å². The number of likely N-dealkylation sites (tertiary alicyclic amines) is 2. The highest BCUT2D eigenvalue weighted by Crippen LogP contribution is 2.36. The molecule has 1 saturated carbocycles. The molecule has 3 fully saturated rings. The van der Waals surface area contributed by atoms with Crippen LogP contribution in [0.4, 0.5) is 16.2 Å². The van der Waals surface area contributed by atoms with Gasteiger partial charge in [0.25, 0.3) is 0 Å². The highest BCUT2D eigenvalue weighted by Gasteiger charge is 2.37. The predicted molar refractivity (Wildman–Crippen MR) is 131 cm³/mol. The minimum absolute atomic E-state index is 0.205. The first-order valence-electron chi connectivity index (χ1n) is 12.4. The van der Waals surface area contributed by atoms with Crippen molar-refractivity contribution in [2.45, 2.75) is 25.2 Å². The van der Waals surface area contributed by atoms with E-state index in [0.29, 0.717) is 11.8 Å². The number of amides is 2. The first kappa shape index (κ1) is 20.5. The largest absolute Gasteiger partial charge is 0.372 e. The first-order chi connectivity index (χ1) is 16.2. The Balaban J connectivity index is 1.06. The summed E-state index contributed by atoms with van der Waals surface area (Å²) in [5, 5.41) is 6.58. The maximum atomic E-state index is 13.0. The highest BCUT2D eigenvalue weighted by atomic mass is 16.2. The molecule has 0 spiro atoms. The summed E-state index contributed by atoms with van der Waals surface area (Å²) in [5.74, 6) is 1.70. The molecule has 0 aromatic heterocycles. The van der Waals surface area contributed by atoms with E-state index in [-0.39, 0.29) is 6.03 Å². The lowest BCUT2D eigenvalue weighted by atomic mass is 9.91. The monoisotopic (exact) mass is 443 g/mol. The van der Waals surface area contributed by atoms with Gasteiger partial charge in [0.15, 0.2) is 0 Å². The number of carbonyl (C=O) groups is 1. The van der Waals surface area contributed by atoms with E-state index < -0.39 is 0 Å². The minimum atomic E-state index is 0.205. The highest BCUT2D eigenvalue weighted by molar-refractivity contribution is 5.76. The van der Waals surface area contributed by atoms with E-state index in [1.165, 1.54) is 35.5 Å². The lowest BCUT2D eigenvalue weighted by Gasteiger charge is -2.41. The van der Waals surface area contributed by atoms with Gasteiger partial charge in [-0.15, -0.1) is 0 Å². The van der Waals surface area contributed by atoms with Gasteiger partial charge in [0.1, 0.15) is 0 Å². The van der Waals surface area contributed by atoms with Crippen molar-refractivity contribution in [3.05, 3.63) is 72.1 Å². The van der Waals surface area contributed by atoms with E-state index in [2.05, 4.69) is 76.3 Å². The van der Waals surface area contributed by atoms with E-state index in [0.717, 1.165) is 51.7 Å². The summed E-state index contributed by atoms with van der Waals surface area (Å²) in [6.45, 7) is 5.23. The molecule has 2 N–H and O–H groups in total. The summed E-state index contributed by atoms with van der Waals surface area (Å²) < 4.78 is 0. The molecule has 6 rings (SSSR count). The average molecular weight is 444 g/mol. The smallest absolute Gasteiger partial charge is 0.320 e. The molecule has 2 aromatic rings. The quantitative estimate of drug-likeness (QED) is 0.707. The van der Waals surface area contributed by atoms with Crippen molar-refractivity contribution in [1.29, 1.82) is 0 Å². The molecule has 33 heavy (non-hydrogen) atoms. The van der Waals surface area contributed by atoms with E-state index in [9.17, 15) is 4.79 Å².